The van der Waals surface area contributed by atoms with Crippen molar-refractivity contribution < 1.29 is 14.3 Å². The summed E-state index contributed by atoms with van der Waals surface area (Å²) < 4.78 is 13.2. The van der Waals surface area contributed by atoms with E-state index in [4.69, 9.17) is 14.5 Å². The predicted molar refractivity (Wildman–Crippen MR) is 138 cm³/mol. The second kappa shape index (κ2) is 10.6. The van der Waals surface area contributed by atoms with E-state index < -0.39 is 0 Å². The van der Waals surface area contributed by atoms with Crippen molar-refractivity contribution in [2.75, 3.05) is 7.11 Å². The van der Waals surface area contributed by atoms with Crippen molar-refractivity contribution in [1.82, 2.24) is 14.9 Å². The van der Waals surface area contributed by atoms with E-state index in [9.17, 15) is 9.59 Å². The van der Waals surface area contributed by atoms with E-state index in [1.807, 2.05) is 72.8 Å². The quantitative estimate of drug-likeness (QED) is 0.357. The molecule has 0 atom stereocenters. The molecule has 5 rings (SSSR count). The van der Waals surface area contributed by atoms with E-state index >= 15 is 0 Å². The van der Waals surface area contributed by atoms with Gasteiger partial charge < -0.3 is 14.8 Å². The summed E-state index contributed by atoms with van der Waals surface area (Å²) in [5.74, 6) is 1.85. The first-order valence-corrected chi connectivity index (χ1v) is 12.2. The molecule has 1 aliphatic carbocycles. The molecular formula is C29H29N3O4. The van der Waals surface area contributed by atoms with Gasteiger partial charge in [-0.1, -0.05) is 48.5 Å². The molecule has 0 radical (unpaired) electrons. The highest BCUT2D eigenvalue weighted by Gasteiger charge is 2.28. The first kappa shape index (κ1) is 23.6. The molecule has 1 saturated carbocycles. The maximum Gasteiger partial charge on any atom is 0.261 e. The largest absolute Gasteiger partial charge is 0.493 e. The SMILES string of the molecule is COc1cc(CNC(=O)CCc2nc3ccccc3c(=O)n2C2CC2)ccc1OCc1ccccc1. The van der Waals surface area contributed by atoms with Gasteiger partial charge in [-0.15, -0.1) is 0 Å². The summed E-state index contributed by atoms with van der Waals surface area (Å²) in [5, 5.41) is 3.59. The first-order valence-electron chi connectivity index (χ1n) is 12.2. The molecule has 3 aromatic carbocycles. The minimum Gasteiger partial charge on any atom is -0.493 e. The number of carbonyl (C=O) groups is 1. The number of aromatic nitrogens is 2. The Labute approximate surface area is 209 Å². The third-order valence-electron chi connectivity index (χ3n) is 6.32. The molecule has 0 unspecified atom stereocenters. The van der Waals surface area contributed by atoms with Gasteiger partial charge in [0.1, 0.15) is 12.4 Å². The number of hydrogen-bond acceptors (Lipinski definition) is 5. The Morgan fingerprint density at radius 2 is 1.78 bits per heavy atom. The highest BCUT2D eigenvalue weighted by atomic mass is 16.5. The van der Waals surface area contributed by atoms with Gasteiger partial charge in [0, 0.05) is 25.4 Å². The number of nitrogens with one attached hydrogen (secondary N) is 1. The van der Waals surface area contributed by atoms with Crippen molar-refractivity contribution in [3.8, 4) is 11.5 Å². The third-order valence-corrected chi connectivity index (χ3v) is 6.32. The Bertz CT molecular complexity index is 1430. The van der Waals surface area contributed by atoms with Crippen molar-refractivity contribution in [3.63, 3.8) is 0 Å². The van der Waals surface area contributed by atoms with Gasteiger partial charge in [0.25, 0.3) is 5.56 Å². The van der Waals surface area contributed by atoms with Gasteiger partial charge in [0.2, 0.25) is 5.91 Å². The number of rotatable bonds is 10. The number of ether oxygens (including phenoxy) is 2. The second-order valence-electron chi connectivity index (χ2n) is 8.99. The minimum atomic E-state index is -0.0943. The smallest absolute Gasteiger partial charge is 0.261 e. The van der Waals surface area contributed by atoms with Crippen LogP contribution in [0.25, 0.3) is 10.9 Å². The fourth-order valence-corrected chi connectivity index (χ4v) is 4.27. The van der Waals surface area contributed by atoms with Crippen molar-refractivity contribution >= 4 is 16.8 Å². The summed E-state index contributed by atoms with van der Waals surface area (Å²) in [6.07, 6.45) is 2.63. The Balaban J connectivity index is 1.20. The molecule has 0 aliphatic heterocycles. The normalized spacial score (nSPS) is 12.9. The Morgan fingerprint density at radius 3 is 2.56 bits per heavy atom. The molecule has 0 bridgehead atoms. The van der Waals surface area contributed by atoms with Crippen LogP contribution in [0, 0.1) is 0 Å². The number of nitrogens with zero attached hydrogens (tertiary/aromatic N) is 2. The summed E-state index contributed by atoms with van der Waals surface area (Å²) >= 11 is 0. The van der Waals surface area contributed by atoms with Crippen LogP contribution < -0.4 is 20.3 Å². The average molecular weight is 484 g/mol. The van der Waals surface area contributed by atoms with Crippen molar-refractivity contribution in [2.24, 2.45) is 0 Å². The zero-order valence-electron chi connectivity index (χ0n) is 20.3. The van der Waals surface area contributed by atoms with Crippen LogP contribution in [-0.2, 0) is 24.4 Å². The van der Waals surface area contributed by atoms with E-state index in [1.54, 1.807) is 11.7 Å². The molecule has 1 heterocycles. The highest BCUT2D eigenvalue weighted by Crippen LogP contribution is 2.35. The Kier molecular flexibility index (Phi) is 6.98. The van der Waals surface area contributed by atoms with Crippen molar-refractivity contribution in [3.05, 3.63) is 100 Å². The summed E-state index contributed by atoms with van der Waals surface area (Å²) in [4.78, 5) is 30.3. The monoisotopic (exact) mass is 483 g/mol. The number of carbonyl (C=O) groups excluding carboxylic acids is 1. The van der Waals surface area contributed by atoms with Gasteiger partial charge in [-0.3, -0.25) is 14.2 Å². The molecule has 0 spiro atoms. The number of aryl methyl sites for hydroxylation is 1. The summed E-state index contributed by atoms with van der Waals surface area (Å²) in [6.45, 7) is 0.816. The lowest BCUT2D eigenvalue weighted by atomic mass is 10.2. The van der Waals surface area contributed by atoms with E-state index in [0.29, 0.717) is 47.8 Å². The Morgan fingerprint density at radius 1 is 1.00 bits per heavy atom. The van der Waals surface area contributed by atoms with E-state index in [2.05, 4.69) is 5.32 Å². The highest BCUT2D eigenvalue weighted by molar-refractivity contribution is 5.78. The molecule has 7 heteroatoms. The maximum atomic E-state index is 13.0. The summed E-state index contributed by atoms with van der Waals surface area (Å²) in [6, 6.07) is 23.2. The number of amides is 1. The molecule has 1 aliphatic rings. The predicted octanol–water partition coefficient (Wildman–Crippen LogP) is 4.57. The van der Waals surface area contributed by atoms with Crippen LogP contribution in [0.4, 0.5) is 0 Å². The van der Waals surface area contributed by atoms with Gasteiger partial charge in [0.15, 0.2) is 11.5 Å². The molecule has 1 aromatic heterocycles. The van der Waals surface area contributed by atoms with E-state index in [0.717, 1.165) is 24.0 Å². The van der Waals surface area contributed by atoms with Gasteiger partial charge in [-0.2, -0.15) is 0 Å². The van der Waals surface area contributed by atoms with Crippen LogP contribution in [0.3, 0.4) is 0 Å². The molecule has 7 nitrogen and oxygen atoms in total. The van der Waals surface area contributed by atoms with E-state index in [-0.39, 0.29) is 23.9 Å². The summed E-state index contributed by atoms with van der Waals surface area (Å²) in [5.41, 5.74) is 2.64. The number of hydrogen-bond donors (Lipinski definition) is 1. The third kappa shape index (κ3) is 5.40. The standard InChI is InChI=1S/C29H29N3O4/c1-35-26-17-21(11-14-25(26)36-19-20-7-3-2-4-8-20)18-30-28(33)16-15-27-31-24-10-6-5-9-23(24)29(34)32(27)22-12-13-22/h2-11,14,17,22H,12-13,15-16,18-19H2,1H3,(H,30,33). The average Bonchev–Trinajstić information content (AvgIpc) is 3.75. The maximum absolute atomic E-state index is 13.0. The van der Waals surface area contributed by atoms with Crippen molar-refractivity contribution in [1.29, 1.82) is 0 Å². The van der Waals surface area contributed by atoms with Gasteiger partial charge in [-0.05, 0) is 48.2 Å². The number of methoxy groups -OCH3 is 1. The lowest BCUT2D eigenvalue weighted by molar-refractivity contribution is -0.121. The number of fused-ring (bicyclic) bond motifs is 1. The lowest BCUT2D eigenvalue weighted by Gasteiger charge is -2.14. The Hall–Kier alpha value is -4.13. The molecule has 36 heavy (non-hydrogen) atoms. The zero-order chi connectivity index (χ0) is 24.9. The van der Waals surface area contributed by atoms with Crippen LogP contribution in [0.2, 0.25) is 0 Å². The fraction of sp³-hybridized carbons (Fsp3) is 0.276. The fourth-order valence-electron chi connectivity index (χ4n) is 4.27. The molecule has 1 amide bonds. The summed E-state index contributed by atoms with van der Waals surface area (Å²) in [7, 11) is 1.60. The van der Waals surface area contributed by atoms with E-state index in [1.165, 1.54) is 0 Å². The number of benzene rings is 3. The molecule has 1 N–H and O–H groups in total. The minimum absolute atomic E-state index is 0.0137. The molecule has 1 fully saturated rings. The van der Waals surface area contributed by atoms with Gasteiger partial charge in [-0.25, -0.2) is 4.98 Å². The van der Waals surface area contributed by atoms with Crippen LogP contribution in [-0.4, -0.2) is 22.6 Å². The number of para-hydroxylation sites is 1. The van der Waals surface area contributed by atoms with Crippen LogP contribution in [0.15, 0.2) is 77.6 Å². The van der Waals surface area contributed by atoms with Crippen molar-refractivity contribution in [2.45, 2.75) is 44.9 Å². The molecule has 4 aromatic rings. The first-order chi connectivity index (χ1) is 17.6. The lowest BCUT2D eigenvalue weighted by Crippen LogP contribution is -2.27. The van der Waals surface area contributed by atoms with Crippen LogP contribution in [0.5, 0.6) is 11.5 Å². The molecule has 184 valence electrons. The second-order valence-corrected chi connectivity index (χ2v) is 8.99. The molecule has 0 saturated heterocycles. The van der Waals surface area contributed by atoms with Gasteiger partial charge in [0.05, 0.1) is 18.0 Å². The topological polar surface area (TPSA) is 82.5 Å². The zero-order valence-corrected chi connectivity index (χ0v) is 20.3. The van der Waals surface area contributed by atoms with Crippen LogP contribution in [0.1, 0.15) is 42.3 Å². The van der Waals surface area contributed by atoms with Gasteiger partial charge >= 0.3 is 0 Å². The van der Waals surface area contributed by atoms with Crippen LogP contribution >= 0.6 is 0 Å². The molecular weight excluding hydrogens is 454 g/mol.